The number of anilines is 2. The fraction of sp³-hybridized carbons (Fsp3) is 0.182. The van der Waals surface area contributed by atoms with E-state index >= 15 is 0 Å². The number of fused-ring (bicyclic) bond motifs is 1. The molecule has 1 saturated heterocycles. The van der Waals surface area contributed by atoms with Crippen molar-refractivity contribution in [3.05, 3.63) is 66.6 Å². The zero-order chi connectivity index (χ0) is 20.3. The Kier molecular flexibility index (Phi) is 5.08. The Bertz CT molecular complexity index is 1180. The molecule has 0 aliphatic carbocycles. The van der Waals surface area contributed by atoms with Crippen LogP contribution in [0.25, 0.3) is 21.3 Å². The second-order valence-electron chi connectivity index (χ2n) is 7.20. The van der Waals surface area contributed by atoms with Gasteiger partial charge < -0.3 is 16.0 Å². The number of amidine groups is 1. The molecule has 0 saturated carbocycles. The van der Waals surface area contributed by atoms with Crippen molar-refractivity contribution >= 4 is 38.3 Å². The number of hydrogen-bond donors (Lipinski definition) is 4. The summed E-state index contributed by atoms with van der Waals surface area (Å²) in [6, 6.07) is 14.3. The summed E-state index contributed by atoms with van der Waals surface area (Å²) in [7, 11) is 0. The van der Waals surface area contributed by atoms with Crippen LogP contribution in [-0.4, -0.2) is 39.9 Å². The third-order valence-corrected chi connectivity index (χ3v) is 6.03. The lowest BCUT2D eigenvalue weighted by atomic mass is 10.1. The van der Waals surface area contributed by atoms with Gasteiger partial charge in [-0.25, -0.2) is 9.97 Å². The highest BCUT2D eigenvalue weighted by Gasteiger charge is 2.16. The second kappa shape index (κ2) is 8.17. The Hall–Kier alpha value is -3.36. The molecule has 0 radical (unpaired) electrons. The monoisotopic (exact) mass is 415 g/mol. The second-order valence-corrected chi connectivity index (χ2v) is 8.23. The van der Waals surface area contributed by atoms with E-state index in [2.05, 4.69) is 43.0 Å². The summed E-state index contributed by atoms with van der Waals surface area (Å²) in [4.78, 5) is 13.2. The molecule has 0 amide bonds. The van der Waals surface area contributed by atoms with Crippen molar-refractivity contribution in [3.63, 3.8) is 0 Å². The van der Waals surface area contributed by atoms with E-state index in [1.165, 1.54) is 0 Å². The van der Waals surface area contributed by atoms with Crippen molar-refractivity contribution in [1.29, 1.82) is 5.41 Å². The molecule has 1 atom stereocenters. The van der Waals surface area contributed by atoms with Gasteiger partial charge in [0.25, 0.3) is 0 Å². The standard InChI is InChI=1S/C22H21N7S/c23-21(27-17-6-9-25-13-17)16-5-10-26-20(12-16)29-22-28-18-2-1-15(11-19(18)30-22)14-3-7-24-8-4-14/h1-5,7-8,10-12,17,25H,6,9,13H2,(H2,23,27)(H,26,28,29). The maximum atomic E-state index is 8.35. The first-order valence-corrected chi connectivity index (χ1v) is 10.7. The van der Waals surface area contributed by atoms with Crippen LogP contribution in [0.3, 0.4) is 0 Å². The number of hydrogen-bond acceptors (Lipinski definition) is 7. The topological polar surface area (TPSA) is 98.6 Å². The average Bonchev–Trinajstić information content (AvgIpc) is 3.43. The lowest BCUT2D eigenvalue weighted by molar-refractivity contribution is 0.662. The van der Waals surface area contributed by atoms with E-state index in [1.54, 1.807) is 29.9 Å². The third kappa shape index (κ3) is 4.00. The van der Waals surface area contributed by atoms with Crippen molar-refractivity contribution in [2.75, 3.05) is 18.4 Å². The number of rotatable bonds is 5. The molecule has 0 bridgehead atoms. The van der Waals surface area contributed by atoms with Gasteiger partial charge in [-0.05, 0) is 60.5 Å². The Morgan fingerprint density at radius 1 is 1.07 bits per heavy atom. The number of benzene rings is 1. The molecular weight excluding hydrogens is 394 g/mol. The van der Waals surface area contributed by atoms with Gasteiger partial charge in [0.05, 0.1) is 10.2 Å². The highest BCUT2D eigenvalue weighted by molar-refractivity contribution is 7.22. The zero-order valence-corrected chi connectivity index (χ0v) is 17.0. The van der Waals surface area contributed by atoms with Gasteiger partial charge >= 0.3 is 0 Å². The van der Waals surface area contributed by atoms with Crippen molar-refractivity contribution < 1.29 is 0 Å². The Morgan fingerprint density at radius 2 is 1.97 bits per heavy atom. The minimum Gasteiger partial charge on any atom is -0.366 e. The number of nitrogens with one attached hydrogen (secondary N) is 4. The van der Waals surface area contributed by atoms with Crippen LogP contribution in [0.4, 0.5) is 10.9 Å². The van der Waals surface area contributed by atoms with Crippen molar-refractivity contribution in [1.82, 2.24) is 25.6 Å². The van der Waals surface area contributed by atoms with Gasteiger partial charge in [0.15, 0.2) is 5.13 Å². The van der Waals surface area contributed by atoms with Gasteiger partial charge in [-0.2, -0.15) is 0 Å². The lowest BCUT2D eigenvalue weighted by Gasteiger charge is -2.14. The normalized spacial score (nSPS) is 15.9. The van der Waals surface area contributed by atoms with E-state index in [4.69, 9.17) is 5.41 Å². The highest BCUT2D eigenvalue weighted by Crippen LogP contribution is 2.31. The molecule has 4 N–H and O–H groups in total. The maximum Gasteiger partial charge on any atom is 0.189 e. The fourth-order valence-corrected chi connectivity index (χ4v) is 4.44. The molecule has 1 fully saturated rings. The summed E-state index contributed by atoms with van der Waals surface area (Å²) in [5.74, 6) is 1.09. The molecule has 150 valence electrons. The van der Waals surface area contributed by atoms with Gasteiger partial charge in [-0.15, -0.1) is 0 Å². The summed E-state index contributed by atoms with van der Waals surface area (Å²) >= 11 is 1.59. The largest absolute Gasteiger partial charge is 0.366 e. The van der Waals surface area contributed by atoms with E-state index in [1.807, 2.05) is 30.3 Å². The smallest absolute Gasteiger partial charge is 0.189 e. The first kappa shape index (κ1) is 18.7. The molecule has 1 aliphatic rings. The Balaban J connectivity index is 1.34. The van der Waals surface area contributed by atoms with Gasteiger partial charge in [-0.3, -0.25) is 10.4 Å². The predicted octanol–water partition coefficient (Wildman–Crippen LogP) is 3.77. The molecule has 1 aromatic carbocycles. The first-order chi connectivity index (χ1) is 14.7. The van der Waals surface area contributed by atoms with Gasteiger partial charge in [0, 0.05) is 36.7 Å². The summed E-state index contributed by atoms with van der Waals surface area (Å²) in [5.41, 5.74) is 4.02. The number of aromatic nitrogens is 3. The number of thiazole rings is 1. The van der Waals surface area contributed by atoms with Crippen LogP contribution in [0.5, 0.6) is 0 Å². The SMILES string of the molecule is N=C(NC1CCNC1)c1ccnc(Nc2nc3ccc(-c4ccncc4)cc3s2)c1. The molecule has 4 heterocycles. The lowest BCUT2D eigenvalue weighted by Crippen LogP contribution is -2.36. The van der Waals surface area contributed by atoms with Crippen molar-refractivity contribution in [2.45, 2.75) is 12.5 Å². The number of pyridine rings is 2. The molecule has 8 heteroatoms. The van der Waals surface area contributed by atoms with E-state index in [0.29, 0.717) is 17.7 Å². The zero-order valence-electron chi connectivity index (χ0n) is 16.2. The summed E-state index contributed by atoms with van der Waals surface area (Å²) in [6.45, 7) is 1.89. The summed E-state index contributed by atoms with van der Waals surface area (Å²) in [6.07, 6.45) is 6.35. The first-order valence-electron chi connectivity index (χ1n) is 9.85. The molecule has 1 aliphatic heterocycles. The van der Waals surface area contributed by atoms with Crippen LogP contribution < -0.4 is 16.0 Å². The van der Waals surface area contributed by atoms with E-state index < -0.39 is 0 Å². The minimum absolute atomic E-state index is 0.306. The molecule has 0 spiro atoms. The van der Waals surface area contributed by atoms with Crippen molar-refractivity contribution in [2.24, 2.45) is 0 Å². The molecule has 30 heavy (non-hydrogen) atoms. The third-order valence-electron chi connectivity index (χ3n) is 5.09. The van der Waals surface area contributed by atoms with Crippen LogP contribution in [0.1, 0.15) is 12.0 Å². The average molecular weight is 416 g/mol. The molecular formula is C22H21N7S. The molecule has 3 aromatic heterocycles. The summed E-state index contributed by atoms with van der Waals surface area (Å²) in [5, 5.41) is 19.0. The summed E-state index contributed by atoms with van der Waals surface area (Å²) < 4.78 is 1.10. The van der Waals surface area contributed by atoms with Crippen LogP contribution in [0.15, 0.2) is 61.1 Å². The minimum atomic E-state index is 0.306. The van der Waals surface area contributed by atoms with Gasteiger partial charge in [0.2, 0.25) is 0 Å². The van der Waals surface area contributed by atoms with Crippen molar-refractivity contribution in [3.8, 4) is 11.1 Å². The Morgan fingerprint density at radius 3 is 2.80 bits per heavy atom. The maximum absolute atomic E-state index is 8.35. The van der Waals surface area contributed by atoms with Gasteiger partial charge in [-0.1, -0.05) is 17.4 Å². The number of nitrogens with zero attached hydrogens (tertiary/aromatic N) is 3. The van der Waals surface area contributed by atoms with E-state index in [9.17, 15) is 0 Å². The van der Waals surface area contributed by atoms with Crippen LogP contribution >= 0.6 is 11.3 Å². The molecule has 1 unspecified atom stereocenters. The predicted molar refractivity (Wildman–Crippen MR) is 122 cm³/mol. The van der Waals surface area contributed by atoms with E-state index in [-0.39, 0.29) is 0 Å². The van der Waals surface area contributed by atoms with Gasteiger partial charge in [0.1, 0.15) is 11.7 Å². The quantitative estimate of drug-likeness (QED) is 0.293. The molecule has 4 aromatic rings. The van der Waals surface area contributed by atoms with Crippen LogP contribution in [-0.2, 0) is 0 Å². The molecule has 7 nitrogen and oxygen atoms in total. The van der Waals surface area contributed by atoms with Crippen LogP contribution in [0, 0.1) is 5.41 Å². The highest BCUT2D eigenvalue weighted by atomic mass is 32.1. The fourth-order valence-electron chi connectivity index (χ4n) is 3.53. The Labute approximate surface area is 178 Å². The molecule has 5 rings (SSSR count). The van der Waals surface area contributed by atoms with Crippen LogP contribution in [0.2, 0.25) is 0 Å². The van der Waals surface area contributed by atoms with E-state index in [0.717, 1.165) is 51.5 Å².